The Morgan fingerprint density at radius 2 is 1.60 bits per heavy atom. The van der Waals surface area contributed by atoms with E-state index in [1.165, 1.54) is 28.6 Å². The molecule has 1 saturated heterocycles. The van der Waals surface area contributed by atoms with Crippen molar-refractivity contribution in [1.82, 2.24) is 13.6 Å². The Balaban J connectivity index is 1.36. The summed E-state index contributed by atoms with van der Waals surface area (Å²) in [6, 6.07) is 13.9. The molecule has 5 rings (SSSR count). The summed E-state index contributed by atoms with van der Waals surface area (Å²) in [5.41, 5.74) is 3.31. The molecule has 1 aromatic heterocycles. The van der Waals surface area contributed by atoms with Crippen LogP contribution in [0, 0.1) is 20.8 Å². The number of halogens is 2. The Morgan fingerprint density at radius 1 is 0.936 bits per heavy atom. The number of carbonyl (C=O) groups is 1. The van der Waals surface area contributed by atoms with E-state index in [2.05, 4.69) is 4.72 Å². The van der Waals surface area contributed by atoms with E-state index in [0.29, 0.717) is 53.9 Å². The molecule has 4 aromatic rings. The summed E-state index contributed by atoms with van der Waals surface area (Å²) in [5.74, 6) is -0.121. The van der Waals surface area contributed by atoms with Crippen LogP contribution in [-0.2, 0) is 26.6 Å². The molecule has 2 heterocycles. The fourth-order valence-electron chi connectivity index (χ4n) is 6.28. The third-order valence-corrected chi connectivity index (χ3v) is 12.9. The number of hydrogen-bond donors (Lipinski definition) is 1. The Bertz CT molecular complexity index is 2000. The maximum absolute atomic E-state index is 13.7. The van der Waals surface area contributed by atoms with E-state index in [0.717, 1.165) is 41.3 Å². The van der Waals surface area contributed by atoms with Crippen molar-refractivity contribution >= 4 is 60.1 Å². The summed E-state index contributed by atoms with van der Waals surface area (Å²) < 4.78 is 65.0. The zero-order valence-electron chi connectivity index (χ0n) is 26.8. The molecule has 0 saturated carbocycles. The van der Waals surface area contributed by atoms with Crippen molar-refractivity contribution in [3.05, 3.63) is 87.0 Å². The van der Waals surface area contributed by atoms with Gasteiger partial charge in [-0.2, -0.15) is 4.31 Å². The van der Waals surface area contributed by atoms with E-state index in [9.17, 15) is 21.6 Å². The lowest BCUT2D eigenvalue weighted by atomic mass is 10.0. The predicted molar refractivity (Wildman–Crippen MR) is 186 cm³/mol. The number of amides is 1. The quantitative estimate of drug-likeness (QED) is 0.162. The molecule has 0 aliphatic carbocycles. The minimum atomic E-state index is -4.35. The van der Waals surface area contributed by atoms with Gasteiger partial charge in [-0.1, -0.05) is 36.5 Å². The van der Waals surface area contributed by atoms with Gasteiger partial charge in [-0.25, -0.2) is 21.6 Å². The number of ether oxygens (including phenoxy) is 1. The lowest BCUT2D eigenvalue weighted by Gasteiger charge is -2.34. The van der Waals surface area contributed by atoms with Crippen LogP contribution in [0.25, 0.3) is 10.9 Å². The molecule has 0 unspecified atom stereocenters. The van der Waals surface area contributed by atoms with Gasteiger partial charge in [0.05, 0.1) is 16.4 Å². The minimum Gasteiger partial charge on any atom is -0.494 e. The molecule has 252 valence electrons. The van der Waals surface area contributed by atoms with E-state index in [1.807, 2.05) is 32.9 Å². The summed E-state index contributed by atoms with van der Waals surface area (Å²) >= 11 is 12.6. The highest BCUT2D eigenvalue weighted by atomic mass is 35.5. The summed E-state index contributed by atoms with van der Waals surface area (Å²) in [5, 5.41) is 1.90. The Labute approximate surface area is 286 Å². The average molecular weight is 721 g/mol. The monoisotopic (exact) mass is 719 g/mol. The molecule has 1 aliphatic heterocycles. The van der Waals surface area contributed by atoms with Crippen molar-refractivity contribution in [1.29, 1.82) is 0 Å². The molecule has 1 amide bonds. The second-order valence-electron chi connectivity index (χ2n) is 11.9. The molecule has 13 heteroatoms. The Morgan fingerprint density at radius 3 is 2.26 bits per heavy atom. The summed E-state index contributed by atoms with van der Waals surface area (Å²) in [6.07, 6.45) is 3.78. The minimum absolute atomic E-state index is 0.0158. The number of aromatic nitrogens is 1. The largest absolute Gasteiger partial charge is 0.494 e. The normalized spacial score (nSPS) is 16.0. The van der Waals surface area contributed by atoms with Crippen molar-refractivity contribution in [3.8, 4) is 5.75 Å². The zero-order chi connectivity index (χ0) is 34.1. The third kappa shape index (κ3) is 7.34. The first-order chi connectivity index (χ1) is 22.2. The SMILES string of the molecule is CC[C@H]1CCCCN1S(=O)(=O)c1ccc(S(=O)(=O)NC(=O)c2c(C)c3cc(Cl)ccc3n2CCCOc2cc(C)c(Cl)c(C)c2)cc1. The van der Waals surface area contributed by atoms with Gasteiger partial charge < -0.3 is 9.30 Å². The van der Waals surface area contributed by atoms with Gasteiger partial charge in [-0.05, 0) is 118 Å². The van der Waals surface area contributed by atoms with Crippen molar-refractivity contribution in [2.24, 2.45) is 0 Å². The number of hydrogen-bond acceptors (Lipinski definition) is 6. The fraction of sp³-hybridized carbons (Fsp3) is 0.382. The van der Waals surface area contributed by atoms with Gasteiger partial charge in [0.25, 0.3) is 15.9 Å². The first-order valence-corrected chi connectivity index (χ1v) is 19.3. The molecule has 1 atom stereocenters. The van der Waals surface area contributed by atoms with Crippen LogP contribution >= 0.6 is 23.2 Å². The predicted octanol–water partition coefficient (Wildman–Crippen LogP) is 7.41. The number of carbonyl (C=O) groups excluding carboxylic acids is 1. The fourth-order valence-corrected chi connectivity index (χ4v) is 9.28. The van der Waals surface area contributed by atoms with Gasteiger partial charge in [-0.15, -0.1) is 0 Å². The highest BCUT2D eigenvalue weighted by Crippen LogP contribution is 2.31. The lowest BCUT2D eigenvalue weighted by Crippen LogP contribution is -2.43. The van der Waals surface area contributed by atoms with Crippen LogP contribution in [0.15, 0.2) is 64.4 Å². The summed E-state index contributed by atoms with van der Waals surface area (Å²) in [7, 11) is -8.14. The van der Waals surface area contributed by atoms with Crippen LogP contribution in [0.4, 0.5) is 0 Å². The second-order valence-corrected chi connectivity index (χ2v) is 16.3. The highest BCUT2D eigenvalue weighted by molar-refractivity contribution is 7.90. The van der Waals surface area contributed by atoms with Gasteiger partial charge in [0, 0.05) is 40.1 Å². The number of nitrogens with zero attached hydrogens (tertiary/aromatic N) is 2. The Kier molecular flexibility index (Phi) is 10.6. The first-order valence-electron chi connectivity index (χ1n) is 15.6. The van der Waals surface area contributed by atoms with Crippen molar-refractivity contribution < 1.29 is 26.4 Å². The second kappa shape index (κ2) is 14.2. The number of sulfonamides is 2. The number of fused-ring (bicyclic) bond motifs is 1. The third-order valence-electron chi connectivity index (χ3n) is 8.71. The standard InChI is InChI=1S/C34H39Cl2N3O6S2/c1-5-26-9-6-7-17-39(26)47(43,44)29-13-11-28(12-14-29)46(41,42)37-34(40)33-24(4)30-21-25(35)10-15-31(30)38(33)16-8-18-45-27-19-22(2)32(36)23(3)20-27/h10-15,19-21,26H,5-9,16-18H2,1-4H3,(H,37,40)/t26-/m0/s1. The van der Waals surface area contributed by atoms with E-state index in [-0.39, 0.29) is 21.5 Å². The molecule has 9 nitrogen and oxygen atoms in total. The first kappa shape index (κ1) is 35.2. The number of aryl methyl sites for hydroxylation is 4. The molecule has 1 N–H and O–H groups in total. The molecule has 1 aliphatic rings. The van der Waals surface area contributed by atoms with Gasteiger partial charge in [0.1, 0.15) is 11.4 Å². The molecular formula is C34H39Cl2N3O6S2. The van der Waals surface area contributed by atoms with E-state index < -0.39 is 26.0 Å². The van der Waals surface area contributed by atoms with E-state index in [4.69, 9.17) is 27.9 Å². The van der Waals surface area contributed by atoms with Crippen LogP contribution < -0.4 is 9.46 Å². The average Bonchev–Trinajstić information content (AvgIpc) is 3.31. The van der Waals surface area contributed by atoms with E-state index in [1.54, 1.807) is 29.7 Å². The lowest BCUT2D eigenvalue weighted by molar-refractivity contribution is 0.0971. The van der Waals surface area contributed by atoms with Crippen LogP contribution in [-0.4, -0.2) is 50.8 Å². The highest BCUT2D eigenvalue weighted by Gasteiger charge is 2.33. The Hall–Kier alpha value is -3.09. The van der Waals surface area contributed by atoms with Crippen molar-refractivity contribution in [3.63, 3.8) is 0 Å². The van der Waals surface area contributed by atoms with Crippen molar-refractivity contribution in [2.45, 2.75) is 82.2 Å². The van der Waals surface area contributed by atoms with Gasteiger partial charge in [-0.3, -0.25) is 4.79 Å². The number of benzene rings is 3. The summed E-state index contributed by atoms with van der Waals surface area (Å²) in [4.78, 5) is 13.5. The summed E-state index contributed by atoms with van der Waals surface area (Å²) in [6.45, 7) is 8.67. The zero-order valence-corrected chi connectivity index (χ0v) is 30.0. The van der Waals surface area contributed by atoms with Gasteiger partial charge in [0.15, 0.2) is 0 Å². The maximum atomic E-state index is 13.7. The molecule has 0 bridgehead atoms. The van der Waals surface area contributed by atoms with Gasteiger partial charge in [0.2, 0.25) is 10.0 Å². The number of nitrogens with one attached hydrogen (secondary N) is 1. The van der Waals surface area contributed by atoms with Crippen LogP contribution in [0.1, 0.15) is 66.2 Å². The van der Waals surface area contributed by atoms with Crippen LogP contribution in [0.5, 0.6) is 5.75 Å². The molecular weight excluding hydrogens is 681 g/mol. The van der Waals surface area contributed by atoms with Gasteiger partial charge >= 0.3 is 0 Å². The smallest absolute Gasteiger partial charge is 0.281 e. The molecule has 0 spiro atoms. The molecule has 47 heavy (non-hydrogen) atoms. The van der Waals surface area contributed by atoms with Crippen molar-refractivity contribution in [2.75, 3.05) is 13.2 Å². The molecule has 3 aromatic carbocycles. The maximum Gasteiger partial charge on any atom is 0.281 e. The van der Waals surface area contributed by atoms with Crippen LogP contribution in [0.3, 0.4) is 0 Å². The number of rotatable bonds is 11. The number of piperidine rings is 1. The van der Waals surface area contributed by atoms with E-state index >= 15 is 0 Å². The van der Waals surface area contributed by atoms with Crippen LogP contribution in [0.2, 0.25) is 10.0 Å². The molecule has 1 fully saturated rings. The molecule has 0 radical (unpaired) electrons. The topological polar surface area (TPSA) is 115 Å².